The van der Waals surface area contributed by atoms with Crippen molar-refractivity contribution in [2.45, 2.75) is 26.8 Å². The second-order valence-electron chi connectivity index (χ2n) is 6.07. The van der Waals surface area contributed by atoms with Gasteiger partial charge in [-0.05, 0) is 50.9 Å². The van der Waals surface area contributed by atoms with E-state index in [0.29, 0.717) is 18.2 Å². The van der Waals surface area contributed by atoms with Gasteiger partial charge in [-0.1, -0.05) is 6.07 Å². The van der Waals surface area contributed by atoms with Crippen molar-refractivity contribution < 1.29 is 4.79 Å². The van der Waals surface area contributed by atoms with E-state index in [-0.39, 0.29) is 30.7 Å². The molecule has 0 bridgehead atoms. The van der Waals surface area contributed by atoms with Crippen LogP contribution in [-0.2, 0) is 6.54 Å². The van der Waals surface area contributed by atoms with Gasteiger partial charge in [-0.25, -0.2) is 4.98 Å². The molecule has 1 N–H and O–H groups in total. The second-order valence-corrected chi connectivity index (χ2v) is 7.01. The molecular formula is C17H24Cl2N4OS. The van der Waals surface area contributed by atoms with Crippen molar-refractivity contribution in [3.63, 3.8) is 0 Å². The lowest BCUT2D eigenvalue weighted by Gasteiger charge is -2.25. The summed E-state index contributed by atoms with van der Waals surface area (Å²) in [4.78, 5) is 24.7. The third-order valence-corrected chi connectivity index (χ3v) is 5.24. The predicted molar refractivity (Wildman–Crippen MR) is 106 cm³/mol. The zero-order chi connectivity index (χ0) is 16.2. The Labute approximate surface area is 165 Å². The molecule has 0 aromatic carbocycles. The SMILES string of the molecule is Cc1cccnc1C(=O)N(Cc1scnc1C)CC1CCNC1.Cl.Cl. The number of nitrogens with zero attached hydrogens (tertiary/aromatic N) is 3. The van der Waals surface area contributed by atoms with Gasteiger partial charge in [-0.15, -0.1) is 36.2 Å². The Hall–Kier alpha value is -1.21. The van der Waals surface area contributed by atoms with Crippen LogP contribution in [0.2, 0.25) is 0 Å². The summed E-state index contributed by atoms with van der Waals surface area (Å²) in [6, 6.07) is 3.80. The summed E-state index contributed by atoms with van der Waals surface area (Å²) in [6.07, 6.45) is 2.81. The highest BCUT2D eigenvalue weighted by Crippen LogP contribution is 2.20. The molecule has 1 atom stereocenters. The molecule has 0 radical (unpaired) electrons. The maximum absolute atomic E-state index is 13.0. The smallest absolute Gasteiger partial charge is 0.273 e. The van der Waals surface area contributed by atoms with Crippen LogP contribution in [0.4, 0.5) is 0 Å². The fraction of sp³-hybridized carbons (Fsp3) is 0.471. The quantitative estimate of drug-likeness (QED) is 0.833. The van der Waals surface area contributed by atoms with Crippen LogP contribution in [0.15, 0.2) is 23.8 Å². The minimum Gasteiger partial charge on any atom is -0.332 e. The molecule has 8 heteroatoms. The van der Waals surface area contributed by atoms with Gasteiger partial charge in [0, 0.05) is 17.6 Å². The number of aryl methyl sites for hydroxylation is 2. The monoisotopic (exact) mass is 402 g/mol. The highest BCUT2D eigenvalue weighted by atomic mass is 35.5. The molecule has 0 spiro atoms. The molecular weight excluding hydrogens is 379 g/mol. The first-order chi connectivity index (χ1) is 11.1. The van der Waals surface area contributed by atoms with Crippen molar-refractivity contribution in [3.8, 4) is 0 Å². The van der Waals surface area contributed by atoms with E-state index in [0.717, 1.165) is 42.2 Å². The van der Waals surface area contributed by atoms with Gasteiger partial charge < -0.3 is 10.2 Å². The Balaban J connectivity index is 0.00000156. The van der Waals surface area contributed by atoms with E-state index < -0.39 is 0 Å². The summed E-state index contributed by atoms with van der Waals surface area (Å²) in [5.74, 6) is 0.527. The first-order valence-electron chi connectivity index (χ1n) is 7.95. The van der Waals surface area contributed by atoms with Crippen LogP contribution in [0.3, 0.4) is 0 Å². The molecule has 0 aliphatic carbocycles. The standard InChI is InChI=1S/C17H22N4OS.2ClH/c1-12-4-3-6-19-16(12)17(22)21(9-14-5-7-18-8-14)10-15-13(2)20-11-23-15;;/h3-4,6,11,14,18H,5,7-10H2,1-2H3;2*1H. The Bertz CT molecular complexity index is 689. The summed E-state index contributed by atoms with van der Waals surface area (Å²) < 4.78 is 0. The third-order valence-electron chi connectivity index (χ3n) is 4.32. The van der Waals surface area contributed by atoms with Crippen molar-refractivity contribution in [1.82, 2.24) is 20.2 Å². The number of carbonyl (C=O) groups excluding carboxylic acids is 1. The van der Waals surface area contributed by atoms with Crippen LogP contribution in [0.1, 0.15) is 33.0 Å². The van der Waals surface area contributed by atoms with Crippen LogP contribution < -0.4 is 5.32 Å². The maximum atomic E-state index is 13.0. The van der Waals surface area contributed by atoms with Crippen LogP contribution in [0.5, 0.6) is 0 Å². The number of hydrogen-bond acceptors (Lipinski definition) is 5. The molecule has 5 nitrogen and oxygen atoms in total. The lowest BCUT2D eigenvalue weighted by molar-refractivity contribution is 0.0713. The second kappa shape index (κ2) is 10.1. The number of aromatic nitrogens is 2. The van der Waals surface area contributed by atoms with E-state index in [1.54, 1.807) is 17.5 Å². The predicted octanol–water partition coefficient (Wildman–Crippen LogP) is 3.25. The molecule has 3 heterocycles. The zero-order valence-electron chi connectivity index (χ0n) is 14.4. The highest BCUT2D eigenvalue weighted by molar-refractivity contribution is 7.09. The first kappa shape index (κ1) is 21.8. The van der Waals surface area contributed by atoms with Gasteiger partial charge in [-0.3, -0.25) is 9.78 Å². The lowest BCUT2D eigenvalue weighted by Crippen LogP contribution is -2.36. The van der Waals surface area contributed by atoms with Crippen molar-refractivity contribution in [1.29, 1.82) is 0 Å². The fourth-order valence-corrected chi connectivity index (χ4v) is 3.70. The Morgan fingerprint density at radius 3 is 2.76 bits per heavy atom. The third kappa shape index (κ3) is 5.38. The highest BCUT2D eigenvalue weighted by Gasteiger charge is 2.25. The van der Waals surface area contributed by atoms with E-state index in [4.69, 9.17) is 0 Å². The maximum Gasteiger partial charge on any atom is 0.273 e. The molecule has 138 valence electrons. The van der Waals surface area contributed by atoms with Crippen LogP contribution in [0.25, 0.3) is 0 Å². The average Bonchev–Trinajstić information content (AvgIpc) is 3.19. The summed E-state index contributed by atoms with van der Waals surface area (Å²) in [7, 11) is 0. The van der Waals surface area contributed by atoms with Gasteiger partial charge in [0.25, 0.3) is 5.91 Å². The van der Waals surface area contributed by atoms with Crippen molar-refractivity contribution in [2.75, 3.05) is 19.6 Å². The van der Waals surface area contributed by atoms with Crippen molar-refractivity contribution >= 4 is 42.1 Å². The minimum absolute atomic E-state index is 0. The number of rotatable bonds is 5. The van der Waals surface area contributed by atoms with Gasteiger partial charge in [-0.2, -0.15) is 0 Å². The first-order valence-corrected chi connectivity index (χ1v) is 8.83. The van der Waals surface area contributed by atoms with E-state index in [1.165, 1.54) is 0 Å². The molecule has 1 amide bonds. The van der Waals surface area contributed by atoms with Crippen LogP contribution in [-0.4, -0.2) is 40.4 Å². The van der Waals surface area contributed by atoms with E-state index >= 15 is 0 Å². The average molecular weight is 403 g/mol. The van der Waals surface area contributed by atoms with E-state index in [2.05, 4.69) is 15.3 Å². The molecule has 1 aliphatic heterocycles. The largest absolute Gasteiger partial charge is 0.332 e. The van der Waals surface area contributed by atoms with E-state index in [1.807, 2.05) is 36.4 Å². The van der Waals surface area contributed by atoms with E-state index in [9.17, 15) is 4.79 Å². The number of halogens is 2. The number of pyridine rings is 1. The van der Waals surface area contributed by atoms with Crippen LogP contribution >= 0.6 is 36.2 Å². The molecule has 1 aliphatic rings. The normalized spacial score (nSPS) is 16.0. The van der Waals surface area contributed by atoms with Gasteiger partial charge in [0.2, 0.25) is 0 Å². The molecule has 2 aromatic rings. The topological polar surface area (TPSA) is 58.1 Å². The van der Waals surface area contributed by atoms with Crippen molar-refractivity contribution in [3.05, 3.63) is 45.7 Å². The Kier molecular flexibility index (Phi) is 8.79. The van der Waals surface area contributed by atoms with Gasteiger partial charge in [0.1, 0.15) is 5.69 Å². The summed E-state index contributed by atoms with van der Waals surface area (Å²) in [6.45, 7) is 7.33. The molecule has 25 heavy (non-hydrogen) atoms. The summed E-state index contributed by atoms with van der Waals surface area (Å²) >= 11 is 1.61. The summed E-state index contributed by atoms with van der Waals surface area (Å²) in [5.41, 5.74) is 4.33. The number of nitrogens with one attached hydrogen (secondary N) is 1. The molecule has 0 saturated carbocycles. The molecule has 1 saturated heterocycles. The molecule has 1 fully saturated rings. The molecule has 1 unspecified atom stereocenters. The van der Waals surface area contributed by atoms with Gasteiger partial charge in [0.05, 0.1) is 17.7 Å². The zero-order valence-corrected chi connectivity index (χ0v) is 16.8. The fourth-order valence-electron chi connectivity index (χ4n) is 2.91. The van der Waals surface area contributed by atoms with Crippen molar-refractivity contribution in [2.24, 2.45) is 5.92 Å². The molecule has 3 rings (SSSR count). The lowest BCUT2D eigenvalue weighted by atomic mass is 10.1. The minimum atomic E-state index is 0. The number of hydrogen-bond donors (Lipinski definition) is 1. The van der Waals surface area contributed by atoms with Crippen LogP contribution in [0, 0.1) is 19.8 Å². The summed E-state index contributed by atoms with van der Waals surface area (Å²) in [5, 5.41) is 3.37. The van der Waals surface area contributed by atoms with Gasteiger partial charge in [0.15, 0.2) is 0 Å². The number of carbonyl (C=O) groups is 1. The van der Waals surface area contributed by atoms with Gasteiger partial charge >= 0.3 is 0 Å². The Morgan fingerprint density at radius 2 is 2.16 bits per heavy atom. The number of amides is 1. The molecule has 2 aromatic heterocycles. The Morgan fingerprint density at radius 1 is 1.36 bits per heavy atom. The number of thiazole rings is 1.